The van der Waals surface area contributed by atoms with E-state index in [-0.39, 0.29) is 11.9 Å². The molecule has 1 N–H and O–H groups in total. The van der Waals surface area contributed by atoms with Crippen molar-refractivity contribution in [2.45, 2.75) is 13.0 Å². The Morgan fingerprint density at radius 2 is 2.42 bits per heavy atom. The van der Waals surface area contributed by atoms with Crippen molar-refractivity contribution >= 4 is 39.2 Å². The van der Waals surface area contributed by atoms with Crippen molar-refractivity contribution in [3.8, 4) is 0 Å². The molecule has 2 rings (SSSR count). The fraction of sp³-hybridized carbons (Fsp3) is 0.143. The third kappa shape index (κ3) is 4.29. The minimum absolute atomic E-state index is 0.0555. The highest BCUT2D eigenvalue weighted by atomic mass is 79.9. The van der Waals surface area contributed by atoms with Crippen molar-refractivity contribution < 1.29 is 4.79 Å². The van der Waals surface area contributed by atoms with E-state index in [1.165, 1.54) is 0 Å². The van der Waals surface area contributed by atoms with E-state index in [9.17, 15) is 4.79 Å². The summed E-state index contributed by atoms with van der Waals surface area (Å²) >= 11 is 4.98. The van der Waals surface area contributed by atoms with E-state index in [4.69, 9.17) is 0 Å². The second-order valence-electron chi connectivity index (χ2n) is 4.03. The molecule has 1 amide bonds. The highest BCUT2D eigenvalue weighted by Crippen LogP contribution is 2.21. The zero-order valence-corrected chi connectivity index (χ0v) is 12.7. The van der Waals surface area contributed by atoms with E-state index in [1.54, 1.807) is 35.9 Å². The van der Waals surface area contributed by atoms with Crippen LogP contribution in [0.3, 0.4) is 0 Å². The Kier molecular flexibility index (Phi) is 4.87. The second-order valence-corrected chi connectivity index (χ2v) is 6.32. The molecule has 2 aromatic heterocycles. The lowest BCUT2D eigenvalue weighted by atomic mass is 10.1. The number of amides is 1. The van der Waals surface area contributed by atoms with E-state index in [0.29, 0.717) is 0 Å². The number of nitrogens with zero attached hydrogens (tertiary/aromatic N) is 1. The molecule has 0 saturated heterocycles. The number of halogens is 1. The lowest BCUT2D eigenvalue weighted by Crippen LogP contribution is -2.24. The van der Waals surface area contributed by atoms with Gasteiger partial charge in [-0.15, -0.1) is 11.3 Å². The molecule has 1 atom stereocenters. The summed E-state index contributed by atoms with van der Waals surface area (Å²) in [6, 6.07) is 5.72. The lowest BCUT2D eigenvalue weighted by Gasteiger charge is -2.11. The average molecular weight is 337 g/mol. The molecule has 0 aliphatic carbocycles. The molecule has 5 heteroatoms. The van der Waals surface area contributed by atoms with Gasteiger partial charge in [-0.2, -0.15) is 0 Å². The molecule has 98 valence electrons. The topological polar surface area (TPSA) is 42.0 Å². The van der Waals surface area contributed by atoms with Crippen molar-refractivity contribution in [1.29, 1.82) is 0 Å². The summed E-state index contributed by atoms with van der Waals surface area (Å²) in [5.41, 5.74) is 2.00. The SMILES string of the molecule is CC(NC(=O)/C=C/c1csc(Br)c1)c1cccnc1. The zero-order valence-electron chi connectivity index (χ0n) is 10.3. The summed E-state index contributed by atoms with van der Waals surface area (Å²) in [6.45, 7) is 1.93. The van der Waals surface area contributed by atoms with E-state index < -0.39 is 0 Å². The summed E-state index contributed by atoms with van der Waals surface area (Å²) in [5, 5.41) is 4.88. The quantitative estimate of drug-likeness (QED) is 0.863. The molecule has 0 bridgehead atoms. The van der Waals surface area contributed by atoms with Crippen LogP contribution in [-0.4, -0.2) is 10.9 Å². The molecule has 0 aromatic carbocycles. The Morgan fingerprint density at radius 1 is 1.58 bits per heavy atom. The summed E-state index contributed by atoms with van der Waals surface area (Å²) < 4.78 is 1.05. The number of carbonyl (C=O) groups is 1. The van der Waals surface area contributed by atoms with Gasteiger partial charge in [0.25, 0.3) is 0 Å². The zero-order chi connectivity index (χ0) is 13.7. The van der Waals surface area contributed by atoms with Gasteiger partial charge < -0.3 is 5.32 Å². The number of rotatable bonds is 4. The van der Waals surface area contributed by atoms with E-state index in [2.05, 4.69) is 26.2 Å². The molecule has 19 heavy (non-hydrogen) atoms. The number of carbonyl (C=O) groups excluding carboxylic acids is 1. The molecule has 3 nitrogen and oxygen atoms in total. The van der Waals surface area contributed by atoms with Gasteiger partial charge in [0.2, 0.25) is 5.91 Å². The average Bonchev–Trinajstić information content (AvgIpc) is 2.83. The summed E-state index contributed by atoms with van der Waals surface area (Å²) in [6.07, 6.45) is 6.81. The van der Waals surface area contributed by atoms with Gasteiger partial charge in [0, 0.05) is 18.5 Å². The van der Waals surface area contributed by atoms with Crippen LogP contribution in [0.2, 0.25) is 0 Å². The molecule has 2 aromatic rings. The van der Waals surface area contributed by atoms with Crippen molar-refractivity contribution in [2.24, 2.45) is 0 Å². The molecular formula is C14H13BrN2OS. The van der Waals surface area contributed by atoms with E-state index >= 15 is 0 Å². The van der Waals surface area contributed by atoms with Crippen LogP contribution in [-0.2, 0) is 4.79 Å². The number of aromatic nitrogens is 1. The monoisotopic (exact) mass is 336 g/mol. The molecule has 0 aliphatic rings. The van der Waals surface area contributed by atoms with E-state index in [1.807, 2.05) is 30.5 Å². The van der Waals surface area contributed by atoms with Gasteiger partial charge in [-0.05, 0) is 57.6 Å². The van der Waals surface area contributed by atoms with Crippen LogP contribution in [0.15, 0.2) is 45.8 Å². The number of thiophene rings is 1. The van der Waals surface area contributed by atoms with Crippen molar-refractivity contribution in [3.63, 3.8) is 0 Å². The fourth-order valence-corrected chi connectivity index (χ4v) is 2.70. The third-order valence-electron chi connectivity index (χ3n) is 2.56. The van der Waals surface area contributed by atoms with Crippen LogP contribution in [0, 0.1) is 0 Å². The van der Waals surface area contributed by atoms with Crippen molar-refractivity contribution in [1.82, 2.24) is 10.3 Å². The molecule has 2 heterocycles. The highest BCUT2D eigenvalue weighted by molar-refractivity contribution is 9.11. The number of hydrogen-bond donors (Lipinski definition) is 1. The highest BCUT2D eigenvalue weighted by Gasteiger charge is 2.06. The van der Waals surface area contributed by atoms with Crippen molar-refractivity contribution in [3.05, 3.63) is 57.0 Å². The Bertz CT molecular complexity index is 580. The molecule has 0 spiro atoms. The maximum atomic E-state index is 11.8. The molecule has 1 unspecified atom stereocenters. The van der Waals surface area contributed by atoms with Gasteiger partial charge in [0.15, 0.2) is 0 Å². The smallest absolute Gasteiger partial charge is 0.244 e. The maximum absolute atomic E-state index is 11.8. The number of pyridine rings is 1. The molecule has 0 radical (unpaired) electrons. The van der Waals surface area contributed by atoms with Crippen molar-refractivity contribution in [2.75, 3.05) is 0 Å². The van der Waals surface area contributed by atoms with Crippen LogP contribution in [0.5, 0.6) is 0 Å². The van der Waals surface area contributed by atoms with Crippen LogP contribution < -0.4 is 5.32 Å². The van der Waals surface area contributed by atoms with Crippen LogP contribution in [0.25, 0.3) is 6.08 Å². The normalized spacial score (nSPS) is 12.5. The second kappa shape index (κ2) is 6.63. The maximum Gasteiger partial charge on any atom is 0.244 e. The molecule has 0 aliphatic heterocycles. The minimum atomic E-state index is -0.112. The van der Waals surface area contributed by atoms with Gasteiger partial charge in [0.1, 0.15) is 0 Å². The minimum Gasteiger partial charge on any atom is -0.346 e. The summed E-state index contributed by atoms with van der Waals surface area (Å²) in [5.74, 6) is -0.112. The number of hydrogen-bond acceptors (Lipinski definition) is 3. The first-order valence-corrected chi connectivity index (χ1v) is 7.45. The molecule has 0 saturated carbocycles. The van der Waals surface area contributed by atoms with Gasteiger partial charge in [-0.1, -0.05) is 6.07 Å². The Balaban J connectivity index is 1.93. The van der Waals surface area contributed by atoms with Gasteiger partial charge in [0.05, 0.1) is 9.83 Å². The third-order valence-corrected chi connectivity index (χ3v) is 4.08. The first kappa shape index (κ1) is 14.0. The predicted octanol–water partition coefficient (Wildman–Crippen LogP) is 3.80. The van der Waals surface area contributed by atoms with Gasteiger partial charge in [-0.25, -0.2) is 0 Å². The van der Waals surface area contributed by atoms with Crippen LogP contribution in [0.1, 0.15) is 24.1 Å². The lowest BCUT2D eigenvalue weighted by molar-refractivity contribution is -0.117. The predicted molar refractivity (Wildman–Crippen MR) is 81.8 cm³/mol. The summed E-state index contributed by atoms with van der Waals surface area (Å²) in [4.78, 5) is 15.8. The molecular weight excluding hydrogens is 324 g/mol. The van der Waals surface area contributed by atoms with Gasteiger partial charge >= 0.3 is 0 Å². The van der Waals surface area contributed by atoms with E-state index in [0.717, 1.165) is 14.9 Å². The fourth-order valence-electron chi connectivity index (χ4n) is 1.56. The first-order chi connectivity index (χ1) is 9.15. The standard InChI is InChI=1S/C14H13BrN2OS/c1-10(12-3-2-6-16-8-12)17-14(18)5-4-11-7-13(15)19-9-11/h2-10H,1H3,(H,17,18)/b5-4+. The molecule has 0 fully saturated rings. The Hall–Kier alpha value is -1.46. The van der Waals surface area contributed by atoms with Crippen LogP contribution >= 0.6 is 27.3 Å². The Labute approximate surface area is 124 Å². The van der Waals surface area contributed by atoms with Gasteiger partial charge in [-0.3, -0.25) is 9.78 Å². The number of nitrogens with one attached hydrogen (secondary N) is 1. The largest absolute Gasteiger partial charge is 0.346 e. The van der Waals surface area contributed by atoms with Crippen LogP contribution in [0.4, 0.5) is 0 Å². The summed E-state index contributed by atoms with van der Waals surface area (Å²) in [7, 11) is 0. The first-order valence-electron chi connectivity index (χ1n) is 5.77. The Morgan fingerprint density at radius 3 is 3.05 bits per heavy atom.